The highest BCUT2D eigenvalue weighted by atomic mass is 16.5. The maximum atomic E-state index is 12.1. The fourth-order valence-corrected chi connectivity index (χ4v) is 3.71. The summed E-state index contributed by atoms with van der Waals surface area (Å²) >= 11 is 0. The summed E-state index contributed by atoms with van der Waals surface area (Å²) in [6, 6.07) is 19.9. The van der Waals surface area contributed by atoms with Gasteiger partial charge in [0.2, 0.25) is 0 Å². The first-order valence-electron chi connectivity index (χ1n) is 10.2. The SMILES string of the molecule is CC(=O)c1ccc(C#CCCNC(=O)OCC2c3ccccc3-c3ccccc32)nc1. The summed E-state index contributed by atoms with van der Waals surface area (Å²) in [5, 5.41) is 2.74. The van der Waals surface area contributed by atoms with E-state index in [1.165, 1.54) is 35.4 Å². The number of amides is 1. The smallest absolute Gasteiger partial charge is 0.407 e. The Morgan fingerprint density at radius 2 is 1.68 bits per heavy atom. The van der Waals surface area contributed by atoms with Crippen molar-refractivity contribution >= 4 is 11.9 Å². The molecule has 1 N–H and O–H groups in total. The molecule has 4 rings (SSSR count). The van der Waals surface area contributed by atoms with Gasteiger partial charge in [0, 0.05) is 30.6 Å². The molecule has 0 fully saturated rings. The van der Waals surface area contributed by atoms with Gasteiger partial charge in [0.25, 0.3) is 0 Å². The van der Waals surface area contributed by atoms with E-state index >= 15 is 0 Å². The van der Waals surface area contributed by atoms with Crippen LogP contribution in [0.25, 0.3) is 11.1 Å². The zero-order valence-electron chi connectivity index (χ0n) is 17.2. The molecule has 0 bridgehead atoms. The molecule has 0 unspecified atom stereocenters. The molecule has 0 aliphatic heterocycles. The van der Waals surface area contributed by atoms with Crippen molar-refractivity contribution in [1.29, 1.82) is 0 Å². The molecule has 2 aromatic carbocycles. The second-order valence-corrected chi connectivity index (χ2v) is 7.29. The number of pyridine rings is 1. The standard InChI is InChI=1S/C26H22N2O3/c1-18(29)19-13-14-20(28-16-19)8-6-7-15-27-26(30)31-17-25-23-11-4-2-9-21(23)22-10-3-5-12-24(22)25/h2-5,9-14,16,25H,7,15,17H2,1H3,(H,27,30). The molecule has 31 heavy (non-hydrogen) atoms. The zero-order chi connectivity index (χ0) is 21.6. The highest BCUT2D eigenvalue weighted by molar-refractivity contribution is 5.93. The lowest BCUT2D eigenvalue weighted by Crippen LogP contribution is -2.26. The zero-order valence-corrected chi connectivity index (χ0v) is 17.2. The number of fused-ring (bicyclic) bond motifs is 3. The van der Waals surface area contributed by atoms with Gasteiger partial charge < -0.3 is 10.1 Å². The van der Waals surface area contributed by atoms with Gasteiger partial charge in [0.05, 0.1) is 0 Å². The number of carbonyl (C=O) groups excluding carboxylic acids is 2. The van der Waals surface area contributed by atoms with Crippen LogP contribution < -0.4 is 5.32 Å². The van der Waals surface area contributed by atoms with Gasteiger partial charge in [0.1, 0.15) is 12.3 Å². The minimum absolute atomic E-state index is 0.0284. The molecule has 1 aliphatic rings. The molecule has 5 nitrogen and oxygen atoms in total. The first-order valence-corrected chi connectivity index (χ1v) is 10.2. The van der Waals surface area contributed by atoms with E-state index in [1.807, 2.05) is 24.3 Å². The number of hydrogen-bond acceptors (Lipinski definition) is 4. The summed E-state index contributed by atoms with van der Waals surface area (Å²) in [6.45, 7) is 2.17. The van der Waals surface area contributed by atoms with Gasteiger partial charge in [-0.2, -0.15) is 0 Å². The van der Waals surface area contributed by atoms with E-state index < -0.39 is 6.09 Å². The fourth-order valence-electron chi connectivity index (χ4n) is 3.71. The van der Waals surface area contributed by atoms with Crippen LogP contribution >= 0.6 is 0 Å². The molecule has 1 heterocycles. The van der Waals surface area contributed by atoms with E-state index in [1.54, 1.807) is 12.1 Å². The minimum atomic E-state index is -0.451. The predicted molar refractivity (Wildman–Crippen MR) is 119 cm³/mol. The van der Waals surface area contributed by atoms with Crippen molar-refractivity contribution in [3.63, 3.8) is 0 Å². The van der Waals surface area contributed by atoms with Gasteiger partial charge in [0.15, 0.2) is 5.78 Å². The lowest BCUT2D eigenvalue weighted by atomic mass is 9.98. The van der Waals surface area contributed by atoms with Gasteiger partial charge in [-0.3, -0.25) is 4.79 Å². The van der Waals surface area contributed by atoms with E-state index in [0.29, 0.717) is 24.2 Å². The molecule has 154 valence electrons. The van der Waals surface area contributed by atoms with E-state index in [0.717, 1.165) is 0 Å². The second-order valence-electron chi connectivity index (χ2n) is 7.29. The number of Topliss-reactive ketones (excluding diaryl/α,β-unsaturated/α-hetero) is 1. The van der Waals surface area contributed by atoms with Crippen LogP contribution in [-0.4, -0.2) is 30.0 Å². The van der Waals surface area contributed by atoms with Crippen molar-refractivity contribution in [3.8, 4) is 23.0 Å². The first-order chi connectivity index (χ1) is 15.1. The van der Waals surface area contributed by atoms with Crippen LogP contribution in [0.3, 0.4) is 0 Å². The maximum Gasteiger partial charge on any atom is 0.407 e. The Bertz CT molecular complexity index is 1130. The molecule has 3 aromatic rings. The summed E-state index contributed by atoms with van der Waals surface area (Å²) in [5.74, 6) is 5.90. The first kappa shape index (κ1) is 20.4. The maximum absolute atomic E-state index is 12.1. The van der Waals surface area contributed by atoms with E-state index in [-0.39, 0.29) is 18.3 Å². The number of rotatable bonds is 5. The summed E-state index contributed by atoms with van der Waals surface area (Å²) in [6.07, 6.45) is 1.54. The van der Waals surface area contributed by atoms with Crippen molar-refractivity contribution < 1.29 is 14.3 Å². The quantitative estimate of drug-likeness (QED) is 0.380. The van der Waals surface area contributed by atoms with E-state index in [4.69, 9.17) is 4.74 Å². The number of ketones is 1. The number of nitrogens with one attached hydrogen (secondary N) is 1. The summed E-state index contributed by atoms with van der Waals surface area (Å²) in [7, 11) is 0. The molecule has 5 heteroatoms. The molecule has 0 saturated heterocycles. The predicted octanol–water partition coefficient (Wildman–Crippen LogP) is 4.56. The highest BCUT2D eigenvalue weighted by Gasteiger charge is 2.28. The fraction of sp³-hybridized carbons (Fsp3) is 0.192. The Morgan fingerprint density at radius 3 is 2.29 bits per heavy atom. The van der Waals surface area contributed by atoms with Crippen molar-refractivity contribution in [2.45, 2.75) is 19.3 Å². The molecule has 1 aromatic heterocycles. The molecular formula is C26H22N2O3. The third-order valence-corrected chi connectivity index (χ3v) is 5.25. The molecule has 0 spiro atoms. The molecule has 1 amide bonds. The van der Waals surface area contributed by atoms with Gasteiger partial charge >= 0.3 is 6.09 Å². The lowest BCUT2D eigenvalue weighted by molar-refractivity contribution is 0.101. The van der Waals surface area contributed by atoms with Crippen LogP contribution in [-0.2, 0) is 4.74 Å². The highest BCUT2D eigenvalue weighted by Crippen LogP contribution is 2.44. The molecule has 0 radical (unpaired) electrons. The number of ether oxygens (including phenoxy) is 1. The Balaban J connectivity index is 1.27. The number of benzene rings is 2. The average Bonchev–Trinajstić information content (AvgIpc) is 3.11. The summed E-state index contributed by atoms with van der Waals surface area (Å²) in [4.78, 5) is 27.5. The van der Waals surface area contributed by atoms with Crippen LogP contribution in [0.5, 0.6) is 0 Å². The van der Waals surface area contributed by atoms with E-state index in [9.17, 15) is 9.59 Å². The van der Waals surface area contributed by atoms with Crippen molar-refractivity contribution in [1.82, 2.24) is 10.3 Å². The van der Waals surface area contributed by atoms with Crippen molar-refractivity contribution in [2.24, 2.45) is 0 Å². The van der Waals surface area contributed by atoms with Crippen molar-refractivity contribution in [2.75, 3.05) is 13.2 Å². The molecular weight excluding hydrogens is 388 g/mol. The largest absolute Gasteiger partial charge is 0.449 e. The Hall–Kier alpha value is -3.91. The van der Waals surface area contributed by atoms with Crippen LogP contribution in [0, 0.1) is 11.8 Å². The number of alkyl carbamates (subject to hydrolysis) is 1. The Morgan fingerprint density at radius 1 is 1.00 bits per heavy atom. The van der Waals surface area contributed by atoms with Crippen molar-refractivity contribution in [3.05, 3.63) is 89.2 Å². The number of carbonyl (C=O) groups is 2. The van der Waals surface area contributed by atoms with Crippen LogP contribution in [0.4, 0.5) is 4.79 Å². The molecule has 0 saturated carbocycles. The van der Waals surface area contributed by atoms with Gasteiger partial charge in [-0.25, -0.2) is 9.78 Å². The summed E-state index contributed by atoms with van der Waals surface area (Å²) in [5.41, 5.74) is 5.92. The topological polar surface area (TPSA) is 68.3 Å². The Labute approximate surface area is 181 Å². The second kappa shape index (κ2) is 9.27. The lowest BCUT2D eigenvalue weighted by Gasteiger charge is -2.14. The number of aromatic nitrogens is 1. The number of nitrogens with zero attached hydrogens (tertiary/aromatic N) is 1. The molecule has 0 atom stereocenters. The molecule has 1 aliphatic carbocycles. The average molecular weight is 410 g/mol. The van der Waals surface area contributed by atoms with Gasteiger partial charge in [-0.15, -0.1) is 0 Å². The third-order valence-electron chi connectivity index (χ3n) is 5.25. The minimum Gasteiger partial charge on any atom is -0.449 e. The van der Waals surface area contributed by atoms with E-state index in [2.05, 4.69) is 46.4 Å². The monoisotopic (exact) mass is 410 g/mol. The van der Waals surface area contributed by atoms with Gasteiger partial charge in [-0.1, -0.05) is 54.5 Å². The normalized spacial score (nSPS) is 11.6. The van der Waals surface area contributed by atoms with Gasteiger partial charge in [-0.05, 0) is 47.2 Å². The Kier molecular flexibility index (Phi) is 6.09. The third kappa shape index (κ3) is 4.65. The number of hydrogen-bond donors (Lipinski definition) is 1. The van der Waals surface area contributed by atoms with Crippen LogP contribution in [0.2, 0.25) is 0 Å². The summed E-state index contributed by atoms with van der Waals surface area (Å²) < 4.78 is 5.50. The van der Waals surface area contributed by atoms with Crippen LogP contribution in [0.15, 0.2) is 66.9 Å². The van der Waals surface area contributed by atoms with Crippen LogP contribution in [0.1, 0.15) is 46.4 Å².